The van der Waals surface area contributed by atoms with Crippen molar-refractivity contribution in [3.05, 3.63) is 93.9 Å². The first-order chi connectivity index (χ1) is 11.9. The average molecular weight is 348 g/mol. The molecule has 4 aromatic rings. The second-order valence-electron chi connectivity index (χ2n) is 5.40. The zero-order chi connectivity index (χ0) is 16.2. The molecule has 0 aliphatic heterocycles. The first-order valence-electron chi connectivity index (χ1n) is 7.76. The summed E-state index contributed by atoms with van der Waals surface area (Å²) in [6, 6.07) is 24.9. The van der Waals surface area contributed by atoms with Crippen LogP contribution in [0.3, 0.4) is 0 Å². The molecule has 118 valence electrons. The Bertz CT molecular complexity index is 965. The van der Waals surface area contributed by atoms with E-state index in [1.165, 1.54) is 16.1 Å². The second kappa shape index (κ2) is 6.99. The molecule has 0 saturated heterocycles. The third-order valence-corrected chi connectivity index (χ3v) is 5.49. The molecule has 0 radical (unpaired) electrons. The standard InChI is InChI=1S/C20H16N2S2/c1-3-8-16(9-4-1)14-22-18(19-12-7-13-23-19)15-24-20(22)21-17-10-5-2-6-11-17/h1-13,15H,14H2. The maximum absolute atomic E-state index is 4.85. The Morgan fingerprint density at radius 2 is 1.54 bits per heavy atom. The summed E-state index contributed by atoms with van der Waals surface area (Å²) in [6.45, 7) is 0.823. The highest BCUT2D eigenvalue weighted by Gasteiger charge is 2.09. The topological polar surface area (TPSA) is 17.3 Å². The number of benzene rings is 2. The van der Waals surface area contributed by atoms with E-state index in [1.54, 1.807) is 22.7 Å². The van der Waals surface area contributed by atoms with E-state index in [4.69, 9.17) is 4.99 Å². The summed E-state index contributed by atoms with van der Waals surface area (Å²) >= 11 is 3.46. The quantitative estimate of drug-likeness (QED) is 0.459. The van der Waals surface area contributed by atoms with E-state index >= 15 is 0 Å². The number of nitrogens with zero attached hydrogens (tertiary/aromatic N) is 2. The Morgan fingerprint density at radius 1 is 0.792 bits per heavy atom. The molecule has 24 heavy (non-hydrogen) atoms. The fourth-order valence-electron chi connectivity index (χ4n) is 2.57. The second-order valence-corrected chi connectivity index (χ2v) is 7.18. The molecular weight excluding hydrogens is 332 g/mol. The summed E-state index contributed by atoms with van der Waals surface area (Å²) in [6.07, 6.45) is 0. The zero-order valence-electron chi connectivity index (χ0n) is 13.0. The van der Waals surface area contributed by atoms with E-state index in [-0.39, 0.29) is 0 Å². The van der Waals surface area contributed by atoms with E-state index in [0.29, 0.717) is 0 Å². The molecule has 0 aliphatic rings. The van der Waals surface area contributed by atoms with Gasteiger partial charge in [0.25, 0.3) is 0 Å². The highest BCUT2D eigenvalue weighted by molar-refractivity contribution is 7.14. The molecule has 4 heteroatoms. The summed E-state index contributed by atoms with van der Waals surface area (Å²) in [5, 5.41) is 4.32. The summed E-state index contributed by atoms with van der Waals surface area (Å²) in [5.41, 5.74) is 3.50. The molecule has 0 saturated carbocycles. The molecule has 0 spiro atoms. The Labute approximate surface area is 149 Å². The van der Waals surface area contributed by atoms with Crippen LogP contribution in [0, 0.1) is 0 Å². The minimum Gasteiger partial charge on any atom is -0.311 e. The normalized spacial score (nSPS) is 11.8. The summed E-state index contributed by atoms with van der Waals surface area (Å²) in [5.74, 6) is 0. The molecular formula is C20H16N2S2. The molecule has 0 bridgehead atoms. The number of thiazole rings is 1. The fraction of sp³-hybridized carbons (Fsp3) is 0.0500. The molecule has 0 unspecified atom stereocenters. The molecule has 2 aromatic heterocycles. The third kappa shape index (κ3) is 3.25. The number of para-hydroxylation sites is 1. The maximum Gasteiger partial charge on any atom is 0.190 e. The smallest absolute Gasteiger partial charge is 0.190 e. The maximum atomic E-state index is 4.85. The van der Waals surface area contributed by atoms with Gasteiger partial charge < -0.3 is 4.57 Å². The van der Waals surface area contributed by atoms with Crippen molar-refractivity contribution in [2.45, 2.75) is 6.54 Å². The van der Waals surface area contributed by atoms with Crippen molar-refractivity contribution in [3.8, 4) is 10.6 Å². The highest BCUT2D eigenvalue weighted by Crippen LogP contribution is 2.26. The Kier molecular flexibility index (Phi) is 4.40. The third-order valence-electron chi connectivity index (χ3n) is 3.74. The lowest BCUT2D eigenvalue weighted by molar-refractivity contribution is 0.779. The highest BCUT2D eigenvalue weighted by atomic mass is 32.1. The largest absolute Gasteiger partial charge is 0.311 e. The SMILES string of the molecule is c1ccc(Cn2c(-c3cccs3)csc2=Nc2ccccc2)cc1. The van der Waals surface area contributed by atoms with Crippen LogP contribution in [0.4, 0.5) is 5.69 Å². The minimum absolute atomic E-state index is 0.823. The lowest BCUT2D eigenvalue weighted by Crippen LogP contribution is -2.16. The zero-order valence-corrected chi connectivity index (χ0v) is 14.6. The van der Waals surface area contributed by atoms with Crippen molar-refractivity contribution in [1.82, 2.24) is 4.57 Å². The van der Waals surface area contributed by atoms with E-state index in [0.717, 1.165) is 17.0 Å². The summed E-state index contributed by atoms with van der Waals surface area (Å²) in [4.78, 5) is 7.15. The van der Waals surface area contributed by atoms with Crippen LogP contribution in [0.5, 0.6) is 0 Å². The van der Waals surface area contributed by atoms with Crippen LogP contribution >= 0.6 is 22.7 Å². The Balaban J connectivity index is 1.84. The van der Waals surface area contributed by atoms with Gasteiger partial charge in [-0.3, -0.25) is 0 Å². The van der Waals surface area contributed by atoms with E-state index in [9.17, 15) is 0 Å². The molecule has 4 rings (SSSR count). The first-order valence-corrected chi connectivity index (χ1v) is 9.52. The molecule has 2 heterocycles. The van der Waals surface area contributed by atoms with Crippen LogP contribution in [-0.4, -0.2) is 4.57 Å². The van der Waals surface area contributed by atoms with Gasteiger partial charge in [0, 0.05) is 5.38 Å². The van der Waals surface area contributed by atoms with Crippen LogP contribution in [0.25, 0.3) is 10.6 Å². The molecule has 0 amide bonds. The van der Waals surface area contributed by atoms with Crippen LogP contribution in [-0.2, 0) is 6.54 Å². The van der Waals surface area contributed by atoms with Crippen molar-refractivity contribution >= 4 is 28.4 Å². The fourth-order valence-corrected chi connectivity index (χ4v) is 4.32. The first kappa shape index (κ1) is 15.1. The van der Waals surface area contributed by atoms with Gasteiger partial charge in [0.05, 0.1) is 22.8 Å². The van der Waals surface area contributed by atoms with Crippen LogP contribution in [0.1, 0.15) is 5.56 Å². The van der Waals surface area contributed by atoms with Gasteiger partial charge in [0.1, 0.15) is 0 Å². The lowest BCUT2D eigenvalue weighted by Gasteiger charge is -2.08. The Hall–Kier alpha value is -2.43. The van der Waals surface area contributed by atoms with Crippen LogP contribution in [0.2, 0.25) is 0 Å². The minimum atomic E-state index is 0.823. The van der Waals surface area contributed by atoms with Crippen molar-refractivity contribution < 1.29 is 0 Å². The summed E-state index contributed by atoms with van der Waals surface area (Å²) in [7, 11) is 0. The van der Waals surface area contributed by atoms with E-state index < -0.39 is 0 Å². The van der Waals surface area contributed by atoms with Crippen molar-refractivity contribution in [1.29, 1.82) is 0 Å². The van der Waals surface area contributed by atoms with Gasteiger partial charge in [-0.2, -0.15) is 0 Å². The number of hydrogen-bond donors (Lipinski definition) is 0. The van der Waals surface area contributed by atoms with Crippen LogP contribution < -0.4 is 4.80 Å². The predicted molar refractivity (Wildman–Crippen MR) is 103 cm³/mol. The molecule has 0 N–H and O–H groups in total. The van der Waals surface area contributed by atoms with Gasteiger partial charge in [-0.1, -0.05) is 54.6 Å². The van der Waals surface area contributed by atoms with Gasteiger partial charge in [-0.25, -0.2) is 4.99 Å². The number of aromatic nitrogens is 1. The number of rotatable bonds is 4. The van der Waals surface area contributed by atoms with Crippen LogP contribution in [0.15, 0.2) is 88.5 Å². The van der Waals surface area contributed by atoms with Gasteiger partial charge >= 0.3 is 0 Å². The van der Waals surface area contributed by atoms with Gasteiger partial charge in [0.15, 0.2) is 4.80 Å². The molecule has 0 atom stereocenters. The number of hydrogen-bond acceptors (Lipinski definition) is 3. The van der Waals surface area contributed by atoms with Gasteiger partial charge in [0.2, 0.25) is 0 Å². The molecule has 2 nitrogen and oxygen atoms in total. The van der Waals surface area contributed by atoms with Crippen molar-refractivity contribution in [2.75, 3.05) is 0 Å². The predicted octanol–water partition coefficient (Wildman–Crippen LogP) is 5.56. The van der Waals surface area contributed by atoms with E-state index in [2.05, 4.69) is 57.8 Å². The van der Waals surface area contributed by atoms with Gasteiger partial charge in [-0.15, -0.1) is 22.7 Å². The monoisotopic (exact) mass is 348 g/mol. The van der Waals surface area contributed by atoms with Crippen molar-refractivity contribution in [2.24, 2.45) is 4.99 Å². The number of thiophene rings is 1. The molecule has 2 aromatic carbocycles. The molecule has 0 aliphatic carbocycles. The Morgan fingerprint density at radius 3 is 2.25 bits per heavy atom. The molecule has 0 fully saturated rings. The summed E-state index contributed by atoms with van der Waals surface area (Å²) < 4.78 is 2.30. The van der Waals surface area contributed by atoms with E-state index in [1.807, 2.05) is 30.3 Å². The van der Waals surface area contributed by atoms with Gasteiger partial charge in [-0.05, 0) is 29.1 Å². The van der Waals surface area contributed by atoms with Crippen molar-refractivity contribution in [3.63, 3.8) is 0 Å². The average Bonchev–Trinajstić information content (AvgIpc) is 3.28. The lowest BCUT2D eigenvalue weighted by atomic mass is 10.2.